The van der Waals surface area contributed by atoms with Crippen LogP contribution < -0.4 is 0 Å². The van der Waals surface area contributed by atoms with Gasteiger partial charge in [-0.2, -0.15) is 0 Å². The fourth-order valence-electron chi connectivity index (χ4n) is 1.17. The summed E-state index contributed by atoms with van der Waals surface area (Å²) in [5.41, 5.74) is 1.23. The van der Waals surface area contributed by atoms with Gasteiger partial charge in [-0.05, 0) is 6.07 Å². The molecule has 1 aromatic carbocycles. The third-order valence-electron chi connectivity index (χ3n) is 1.72. The first-order valence-corrected chi connectivity index (χ1v) is 3.60. The molecule has 1 aromatic heterocycles. The van der Waals surface area contributed by atoms with Crippen molar-refractivity contribution in [2.75, 3.05) is 0 Å². The molecule has 2 rings (SSSR count). The molecule has 0 bridgehead atoms. The van der Waals surface area contributed by atoms with Crippen LogP contribution in [0.3, 0.4) is 0 Å². The standard InChI is InChI=1S/C9H6N3/c10-12-8-5-1-3-7-4-2-6-11-9(7)8/h1-6H/q+1. The number of pyridine rings is 1. The van der Waals surface area contributed by atoms with Gasteiger partial charge in [-0.25, -0.2) is 4.98 Å². The van der Waals surface area contributed by atoms with Crippen molar-refractivity contribution in [1.29, 1.82) is 5.39 Å². The molecule has 0 spiro atoms. The highest BCUT2D eigenvalue weighted by Crippen LogP contribution is 2.22. The predicted octanol–water partition coefficient (Wildman–Crippen LogP) is 2.72. The lowest BCUT2D eigenvalue weighted by Crippen LogP contribution is -1.75. The van der Waals surface area contributed by atoms with Gasteiger partial charge in [-0.3, -0.25) is 0 Å². The molecule has 1 heterocycles. The van der Waals surface area contributed by atoms with Crippen molar-refractivity contribution in [3.63, 3.8) is 0 Å². The van der Waals surface area contributed by atoms with E-state index in [2.05, 4.69) is 9.96 Å². The van der Waals surface area contributed by atoms with Crippen LogP contribution in [0.2, 0.25) is 0 Å². The van der Waals surface area contributed by atoms with Crippen molar-refractivity contribution >= 4 is 16.6 Å². The SMILES string of the molecule is N#[N+]c1cccc2cccnc12. The molecule has 56 valence electrons. The maximum atomic E-state index is 8.62. The molecule has 0 amide bonds. The van der Waals surface area contributed by atoms with E-state index < -0.39 is 0 Å². The van der Waals surface area contributed by atoms with Crippen LogP contribution >= 0.6 is 0 Å². The largest absolute Gasteiger partial charge is 0.410 e. The van der Waals surface area contributed by atoms with Crippen LogP contribution in [0.5, 0.6) is 0 Å². The van der Waals surface area contributed by atoms with Crippen molar-refractivity contribution in [1.82, 2.24) is 4.98 Å². The van der Waals surface area contributed by atoms with E-state index in [0.29, 0.717) is 5.69 Å². The van der Waals surface area contributed by atoms with Crippen LogP contribution in [0.1, 0.15) is 0 Å². The molecule has 0 unspecified atom stereocenters. The van der Waals surface area contributed by atoms with Gasteiger partial charge in [0.05, 0.1) is 0 Å². The average Bonchev–Trinajstić information content (AvgIpc) is 2.17. The highest BCUT2D eigenvalue weighted by molar-refractivity contribution is 5.90. The summed E-state index contributed by atoms with van der Waals surface area (Å²) in [5.74, 6) is 0. The van der Waals surface area contributed by atoms with E-state index in [-0.39, 0.29) is 0 Å². The quantitative estimate of drug-likeness (QED) is 0.550. The predicted molar refractivity (Wildman–Crippen MR) is 46.5 cm³/mol. The summed E-state index contributed by atoms with van der Waals surface area (Å²) in [5, 5.41) is 9.60. The summed E-state index contributed by atoms with van der Waals surface area (Å²) in [6.45, 7) is 0. The van der Waals surface area contributed by atoms with Crippen LogP contribution in [0, 0.1) is 5.39 Å². The lowest BCUT2D eigenvalue weighted by Gasteiger charge is -1.89. The van der Waals surface area contributed by atoms with Gasteiger partial charge in [0.25, 0.3) is 0 Å². The molecule has 0 aliphatic carbocycles. The molecule has 0 radical (unpaired) electrons. The Kier molecular flexibility index (Phi) is 1.45. The zero-order valence-electron chi connectivity index (χ0n) is 6.31. The minimum absolute atomic E-state index is 0.508. The molecule has 12 heavy (non-hydrogen) atoms. The maximum absolute atomic E-state index is 8.62. The number of nitrogens with zero attached hydrogens (tertiary/aromatic N) is 3. The average molecular weight is 156 g/mol. The van der Waals surface area contributed by atoms with E-state index in [0.717, 1.165) is 10.9 Å². The van der Waals surface area contributed by atoms with Crippen molar-refractivity contribution in [3.8, 4) is 0 Å². The van der Waals surface area contributed by atoms with Gasteiger partial charge in [0, 0.05) is 17.6 Å². The van der Waals surface area contributed by atoms with Crippen LogP contribution in [0.4, 0.5) is 5.69 Å². The van der Waals surface area contributed by atoms with Gasteiger partial charge in [0.1, 0.15) is 0 Å². The molecule has 0 fully saturated rings. The number of diazo groups is 1. The topological polar surface area (TPSA) is 41.0 Å². The van der Waals surface area contributed by atoms with Crippen molar-refractivity contribution in [2.45, 2.75) is 0 Å². The van der Waals surface area contributed by atoms with Gasteiger partial charge < -0.3 is 0 Å². The molecule has 0 N–H and O–H groups in total. The minimum atomic E-state index is 0.508. The number of benzene rings is 1. The second-order valence-electron chi connectivity index (χ2n) is 2.45. The molecular formula is C9H6N3+. The molecule has 0 atom stereocenters. The van der Waals surface area contributed by atoms with E-state index in [1.807, 2.05) is 24.3 Å². The number of fused-ring (bicyclic) bond motifs is 1. The van der Waals surface area contributed by atoms with Crippen molar-refractivity contribution in [3.05, 3.63) is 41.5 Å². The van der Waals surface area contributed by atoms with E-state index in [1.54, 1.807) is 12.3 Å². The molecule has 0 saturated carbocycles. The van der Waals surface area contributed by atoms with E-state index in [9.17, 15) is 0 Å². The first-order valence-electron chi connectivity index (χ1n) is 3.60. The summed E-state index contributed by atoms with van der Waals surface area (Å²) in [6, 6.07) is 9.26. The van der Waals surface area contributed by atoms with Crippen LogP contribution in [0.15, 0.2) is 36.5 Å². The third kappa shape index (κ3) is 0.903. The first kappa shape index (κ1) is 6.74. The number of para-hydroxylation sites is 1. The smallest absolute Gasteiger partial charge is 0.248 e. The Bertz CT molecular complexity index is 451. The monoisotopic (exact) mass is 156 g/mol. The summed E-state index contributed by atoms with van der Waals surface area (Å²) in [4.78, 5) is 7.23. The van der Waals surface area contributed by atoms with Crippen LogP contribution in [-0.2, 0) is 0 Å². The Morgan fingerprint density at radius 3 is 2.83 bits per heavy atom. The Morgan fingerprint density at radius 1 is 1.17 bits per heavy atom. The fourth-order valence-corrected chi connectivity index (χ4v) is 1.17. The summed E-state index contributed by atoms with van der Waals surface area (Å²) < 4.78 is 0. The Hall–Kier alpha value is -1.95. The highest BCUT2D eigenvalue weighted by atomic mass is 14.9. The normalized spacial score (nSPS) is 9.58. The zero-order chi connectivity index (χ0) is 8.39. The lowest BCUT2D eigenvalue weighted by atomic mass is 10.2. The van der Waals surface area contributed by atoms with E-state index in [4.69, 9.17) is 5.39 Å². The summed E-state index contributed by atoms with van der Waals surface area (Å²) in [7, 11) is 0. The molecule has 0 aliphatic heterocycles. The molecule has 3 heteroatoms. The lowest BCUT2D eigenvalue weighted by molar-refractivity contribution is 1.40. The molecule has 3 nitrogen and oxygen atoms in total. The summed E-state index contributed by atoms with van der Waals surface area (Å²) in [6.07, 6.45) is 1.68. The Morgan fingerprint density at radius 2 is 2.00 bits per heavy atom. The van der Waals surface area contributed by atoms with Gasteiger partial charge in [-0.1, -0.05) is 18.2 Å². The number of aromatic nitrogens is 1. The molecular weight excluding hydrogens is 150 g/mol. The van der Waals surface area contributed by atoms with E-state index >= 15 is 0 Å². The second kappa shape index (κ2) is 2.59. The van der Waals surface area contributed by atoms with Crippen LogP contribution in [-0.4, -0.2) is 4.98 Å². The molecule has 2 aromatic rings. The van der Waals surface area contributed by atoms with Gasteiger partial charge in [0.15, 0.2) is 10.5 Å². The van der Waals surface area contributed by atoms with E-state index in [1.165, 1.54) is 0 Å². The highest BCUT2D eigenvalue weighted by Gasteiger charge is 2.10. The van der Waals surface area contributed by atoms with Crippen molar-refractivity contribution in [2.24, 2.45) is 0 Å². The fraction of sp³-hybridized carbons (Fsp3) is 0. The van der Waals surface area contributed by atoms with Crippen molar-refractivity contribution < 1.29 is 0 Å². The van der Waals surface area contributed by atoms with Gasteiger partial charge >= 0.3 is 5.69 Å². The first-order chi connectivity index (χ1) is 5.92. The number of hydrogen-bond donors (Lipinski definition) is 0. The van der Waals surface area contributed by atoms with Gasteiger partial charge in [0.2, 0.25) is 5.39 Å². The zero-order valence-corrected chi connectivity index (χ0v) is 6.31. The second-order valence-corrected chi connectivity index (χ2v) is 2.45. The Labute approximate surface area is 69.3 Å². The number of rotatable bonds is 0. The van der Waals surface area contributed by atoms with Gasteiger partial charge in [-0.15, -0.1) is 0 Å². The number of hydrogen-bond acceptors (Lipinski definition) is 2. The van der Waals surface area contributed by atoms with Crippen LogP contribution in [0.25, 0.3) is 15.9 Å². The summed E-state index contributed by atoms with van der Waals surface area (Å²) >= 11 is 0. The molecule has 0 aliphatic rings. The third-order valence-corrected chi connectivity index (χ3v) is 1.72. The maximum Gasteiger partial charge on any atom is 0.410 e. The Balaban J connectivity index is 2.91. The molecule has 0 saturated heterocycles. The minimum Gasteiger partial charge on any atom is -0.248 e.